The third-order valence-corrected chi connectivity index (χ3v) is 4.64. The van der Waals surface area contributed by atoms with E-state index in [1.807, 2.05) is 0 Å². The standard InChI is InChI=1S/C11H15N5O2S/c1-15-6-5-14-11(15)8-16(2)19(17,18)10-7-13-4-3-9(10)12/h3-7H,8H2,1-2H3,(H2,12,13). The van der Waals surface area contributed by atoms with Crippen LogP contribution in [0.1, 0.15) is 5.82 Å². The van der Waals surface area contributed by atoms with Crippen LogP contribution in [-0.2, 0) is 23.6 Å². The lowest BCUT2D eigenvalue weighted by atomic mass is 10.4. The van der Waals surface area contributed by atoms with E-state index in [2.05, 4.69) is 9.97 Å². The summed E-state index contributed by atoms with van der Waals surface area (Å²) in [6, 6.07) is 1.46. The Morgan fingerprint density at radius 2 is 2.16 bits per heavy atom. The van der Waals surface area contributed by atoms with E-state index in [0.29, 0.717) is 5.82 Å². The number of nitrogens with two attached hydrogens (primary N) is 1. The summed E-state index contributed by atoms with van der Waals surface area (Å²) in [7, 11) is -0.381. The molecule has 0 unspecified atom stereocenters. The van der Waals surface area contributed by atoms with Gasteiger partial charge in [-0.05, 0) is 6.07 Å². The Bertz CT molecular complexity index is 680. The topological polar surface area (TPSA) is 94.1 Å². The van der Waals surface area contributed by atoms with Crippen LogP contribution in [0.5, 0.6) is 0 Å². The van der Waals surface area contributed by atoms with Gasteiger partial charge in [-0.1, -0.05) is 0 Å². The number of aryl methyl sites for hydroxylation is 1. The summed E-state index contributed by atoms with van der Waals surface area (Å²) < 4.78 is 27.7. The lowest BCUT2D eigenvalue weighted by Crippen LogP contribution is -2.28. The number of nitrogens with zero attached hydrogens (tertiary/aromatic N) is 4. The number of imidazole rings is 1. The number of aromatic nitrogens is 3. The maximum absolute atomic E-state index is 12.4. The molecule has 0 spiro atoms. The molecule has 0 atom stereocenters. The molecule has 0 radical (unpaired) electrons. The number of anilines is 1. The average molecular weight is 281 g/mol. The molecule has 7 nitrogen and oxygen atoms in total. The zero-order chi connectivity index (χ0) is 14.0. The molecule has 0 aromatic carbocycles. The summed E-state index contributed by atoms with van der Waals surface area (Å²) in [5.74, 6) is 0.647. The second-order valence-electron chi connectivity index (χ2n) is 4.13. The van der Waals surface area contributed by atoms with Gasteiger partial charge in [0.05, 0.1) is 12.2 Å². The molecule has 2 rings (SSSR count). The second-order valence-corrected chi connectivity index (χ2v) is 6.14. The first-order valence-electron chi connectivity index (χ1n) is 5.55. The van der Waals surface area contributed by atoms with Gasteiger partial charge in [0.15, 0.2) is 0 Å². The molecule has 0 amide bonds. The second kappa shape index (κ2) is 4.98. The molecule has 19 heavy (non-hydrogen) atoms. The maximum atomic E-state index is 12.4. The molecule has 0 bridgehead atoms. The predicted octanol–water partition coefficient (Wildman–Crippen LogP) is 0.218. The number of hydrogen-bond donors (Lipinski definition) is 1. The highest BCUT2D eigenvalue weighted by molar-refractivity contribution is 7.89. The quantitative estimate of drug-likeness (QED) is 0.865. The molecule has 8 heteroatoms. The average Bonchev–Trinajstić information content (AvgIpc) is 2.75. The number of pyridine rings is 1. The zero-order valence-electron chi connectivity index (χ0n) is 10.7. The van der Waals surface area contributed by atoms with Crippen molar-refractivity contribution < 1.29 is 8.42 Å². The van der Waals surface area contributed by atoms with Crippen LogP contribution in [-0.4, -0.2) is 34.3 Å². The van der Waals surface area contributed by atoms with Crippen LogP contribution in [0.4, 0.5) is 5.69 Å². The van der Waals surface area contributed by atoms with E-state index in [0.717, 1.165) is 0 Å². The van der Waals surface area contributed by atoms with Crippen LogP contribution in [0, 0.1) is 0 Å². The SMILES string of the molecule is CN(Cc1nccn1C)S(=O)(=O)c1cnccc1N. The molecule has 102 valence electrons. The van der Waals surface area contributed by atoms with Gasteiger partial charge in [-0.3, -0.25) is 4.98 Å². The fourth-order valence-electron chi connectivity index (χ4n) is 1.61. The fraction of sp³-hybridized carbons (Fsp3) is 0.273. The van der Waals surface area contributed by atoms with Crippen molar-refractivity contribution in [3.8, 4) is 0 Å². The molecular formula is C11H15N5O2S. The van der Waals surface area contributed by atoms with E-state index in [4.69, 9.17) is 5.73 Å². The van der Waals surface area contributed by atoms with Gasteiger partial charge in [0.25, 0.3) is 0 Å². The minimum atomic E-state index is -3.67. The smallest absolute Gasteiger partial charge is 0.246 e. The van der Waals surface area contributed by atoms with Crippen molar-refractivity contribution in [2.75, 3.05) is 12.8 Å². The molecule has 0 aliphatic carbocycles. The van der Waals surface area contributed by atoms with Gasteiger partial charge < -0.3 is 10.3 Å². The van der Waals surface area contributed by atoms with E-state index < -0.39 is 10.0 Å². The maximum Gasteiger partial charge on any atom is 0.246 e. The summed E-state index contributed by atoms with van der Waals surface area (Å²) in [5, 5.41) is 0. The van der Waals surface area contributed by atoms with Gasteiger partial charge in [-0.2, -0.15) is 4.31 Å². The van der Waals surface area contributed by atoms with Crippen molar-refractivity contribution in [2.45, 2.75) is 11.4 Å². The molecule has 0 aliphatic rings. The summed E-state index contributed by atoms with van der Waals surface area (Å²) in [5.41, 5.74) is 5.86. The van der Waals surface area contributed by atoms with Crippen LogP contribution in [0.25, 0.3) is 0 Å². The molecule has 0 aliphatic heterocycles. The molecule has 2 N–H and O–H groups in total. The van der Waals surface area contributed by atoms with Crippen LogP contribution >= 0.6 is 0 Å². The molecule has 2 aromatic rings. The largest absolute Gasteiger partial charge is 0.398 e. The Morgan fingerprint density at radius 3 is 2.74 bits per heavy atom. The van der Waals surface area contributed by atoms with Crippen molar-refractivity contribution in [3.63, 3.8) is 0 Å². The molecule has 0 saturated heterocycles. The summed E-state index contributed by atoms with van der Waals surface area (Å²) in [6.07, 6.45) is 6.08. The molecule has 0 fully saturated rings. The zero-order valence-corrected chi connectivity index (χ0v) is 11.5. The highest BCUT2D eigenvalue weighted by Gasteiger charge is 2.24. The lowest BCUT2D eigenvalue weighted by Gasteiger charge is -2.17. The molecule has 2 heterocycles. The normalized spacial score (nSPS) is 11.9. The summed E-state index contributed by atoms with van der Waals surface area (Å²) >= 11 is 0. The van der Waals surface area contributed by atoms with Gasteiger partial charge in [0.2, 0.25) is 10.0 Å². The minimum absolute atomic E-state index is 0.00621. The number of hydrogen-bond acceptors (Lipinski definition) is 5. The highest BCUT2D eigenvalue weighted by atomic mass is 32.2. The Labute approximate surface area is 111 Å². The summed E-state index contributed by atoms with van der Waals surface area (Å²) in [6.45, 7) is 0.167. The van der Waals surface area contributed by atoms with E-state index in [9.17, 15) is 8.42 Å². The van der Waals surface area contributed by atoms with Crippen molar-refractivity contribution in [3.05, 3.63) is 36.7 Å². The van der Waals surface area contributed by atoms with Gasteiger partial charge in [-0.15, -0.1) is 0 Å². The molecule has 0 saturated carbocycles. The fourth-order valence-corrected chi connectivity index (χ4v) is 2.79. The van der Waals surface area contributed by atoms with Crippen LogP contribution in [0.15, 0.2) is 35.7 Å². The summed E-state index contributed by atoms with van der Waals surface area (Å²) in [4.78, 5) is 7.90. The van der Waals surface area contributed by atoms with Crippen molar-refractivity contribution in [2.24, 2.45) is 7.05 Å². The third-order valence-electron chi connectivity index (χ3n) is 2.79. The first-order chi connectivity index (χ1) is 8.93. The minimum Gasteiger partial charge on any atom is -0.398 e. The van der Waals surface area contributed by atoms with Crippen molar-refractivity contribution in [1.82, 2.24) is 18.8 Å². The van der Waals surface area contributed by atoms with E-state index in [1.54, 1.807) is 24.0 Å². The van der Waals surface area contributed by atoms with Crippen molar-refractivity contribution >= 4 is 15.7 Å². The van der Waals surface area contributed by atoms with E-state index in [-0.39, 0.29) is 17.1 Å². The van der Waals surface area contributed by atoms with Crippen LogP contribution in [0.2, 0.25) is 0 Å². The predicted molar refractivity (Wildman–Crippen MR) is 70.5 cm³/mol. The Morgan fingerprint density at radius 1 is 1.42 bits per heavy atom. The third kappa shape index (κ3) is 2.59. The Hall–Kier alpha value is -1.93. The van der Waals surface area contributed by atoms with Gasteiger partial charge in [0, 0.05) is 38.9 Å². The van der Waals surface area contributed by atoms with Crippen LogP contribution < -0.4 is 5.73 Å². The van der Waals surface area contributed by atoms with E-state index in [1.165, 1.54) is 29.8 Å². The van der Waals surface area contributed by atoms with Gasteiger partial charge in [0.1, 0.15) is 10.7 Å². The highest BCUT2D eigenvalue weighted by Crippen LogP contribution is 2.20. The first kappa shape index (κ1) is 13.5. The van der Waals surface area contributed by atoms with Crippen molar-refractivity contribution in [1.29, 1.82) is 0 Å². The van der Waals surface area contributed by atoms with Gasteiger partial charge >= 0.3 is 0 Å². The lowest BCUT2D eigenvalue weighted by molar-refractivity contribution is 0.451. The molecular weight excluding hydrogens is 266 g/mol. The number of sulfonamides is 1. The monoisotopic (exact) mass is 281 g/mol. The van der Waals surface area contributed by atoms with Crippen LogP contribution in [0.3, 0.4) is 0 Å². The number of nitrogen functional groups attached to an aromatic ring is 1. The molecule has 2 aromatic heterocycles. The Balaban J connectivity index is 2.30. The van der Waals surface area contributed by atoms with Gasteiger partial charge in [-0.25, -0.2) is 13.4 Å². The Kier molecular flexibility index (Phi) is 3.54. The number of rotatable bonds is 4. The van der Waals surface area contributed by atoms with E-state index >= 15 is 0 Å². The first-order valence-corrected chi connectivity index (χ1v) is 6.99.